The van der Waals surface area contributed by atoms with E-state index in [0.717, 1.165) is 0 Å². The van der Waals surface area contributed by atoms with Crippen LogP contribution in [0.3, 0.4) is 0 Å². The van der Waals surface area contributed by atoms with E-state index in [1.54, 1.807) is 0 Å². The lowest BCUT2D eigenvalue weighted by atomic mass is 10.1. The Labute approximate surface area is 103 Å². The molecule has 0 aromatic rings. The summed E-state index contributed by atoms with van der Waals surface area (Å²) in [6, 6.07) is 1.34. The van der Waals surface area contributed by atoms with E-state index in [1.165, 1.54) is 69.6 Å². The van der Waals surface area contributed by atoms with E-state index in [-0.39, 0.29) is 9.76 Å². The molecule has 16 heavy (non-hydrogen) atoms. The van der Waals surface area contributed by atoms with Gasteiger partial charge in [0.05, 0.1) is 5.76 Å². The normalized spacial score (nSPS) is 16.9. The van der Waals surface area contributed by atoms with Crippen molar-refractivity contribution < 1.29 is 4.43 Å². The highest BCUT2D eigenvalue weighted by Gasteiger charge is 2.03. The molecule has 0 radical (unpaired) electrons. The van der Waals surface area contributed by atoms with Crippen LogP contribution in [0, 0.1) is 0 Å². The topological polar surface area (TPSA) is 9.23 Å². The van der Waals surface area contributed by atoms with E-state index in [0.29, 0.717) is 0 Å². The Morgan fingerprint density at radius 1 is 1.19 bits per heavy atom. The number of rotatable bonds is 9. The van der Waals surface area contributed by atoms with Gasteiger partial charge in [0.2, 0.25) is 9.76 Å². The van der Waals surface area contributed by atoms with Gasteiger partial charge in [-0.3, -0.25) is 0 Å². The zero-order chi connectivity index (χ0) is 11.5. The smallest absolute Gasteiger partial charge is 0.219 e. The summed E-state index contributed by atoms with van der Waals surface area (Å²) in [5, 5.41) is 0. The standard InChI is InChI=1S/C14H26OSi/c1-2-3-4-5-6-7-8-9-11-14-12-10-13-16-15-14/h2,12H,1,3-11,13,16H2. The van der Waals surface area contributed by atoms with Gasteiger partial charge in [-0.15, -0.1) is 6.58 Å². The van der Waals surface area contributed by atoms with Crippen molar-refractivity contribution in [3.05, 3.63) is 24.5 Å². The second-order valence-corrected chi connectivity index (χ2v) is 6.01. The molecule has 0 bridgehead atoms. The van der Waals surface area contributed by atoms with Crippen LogP contribution in [0.15, 0.2) is 24.5 Å². The third-order valence-corrected chi connectivity index (χ3v) is 4.36. The predicted octanol–water partition coefficient (Wildman–Crippen LogP) is 4.10. The van der Waals surface area contributed by atoms with E-state index in [9.17, 15) is 0 Å². The molecule has 0 unspecified atom stereocenters. The van der Waals surface area contributed by atoms with Crippen molar-refractivity contribution in [2.45, 2.75) is 63.8 Å². The van der Waals surface area contributed by atoms with Crippen molar-refractivity contribution in [3.63, 3.8) is 0 Å². The molecular formula is C14H26OSi. The van der Waals surface area contributed by atoms with Crippen molar-refractivity contribution >= 4 is 9.76 Å². The van der Waals surface area contributed by atoms with Crippen molar-refractivity contribution in [1.82, 2.24) is 0 Å². The zero-order valence-corrected chi connectivity index (χ0v) is 12.0. The number of unbranched alkanes of at least 4 members (excludes halogenated alkanes) is 6. The first kappa shape index (κ1) is 13.6. The Hall–Kier alpha value is -0.503. The van der Waals surface area contributed by atoms with Gasteiger partial charge in [0.1, 0.15) is 0 Å². The molecule has 1 nitrogen and oxygen atoms in total. The van der Waals surface area contributed by atoms with E-state index < -0.39 is 0 Å². The Balaban J connectivity index is 1.84. The van der Waals surface area contributed by atoms with Crippen LogP contribution in [0.4, 0.5) is 0 Å². The maximum atomic E-state index is 5.73. The van der Waals surface area contributed by atoms with Crippen LogP contribution >= 0.6 is 0 Å². The molecule has 0 spiro atoms. The quantitative estimate of drug-likeness (QED) is 0.334. The van der Waals surface area contributed by atoms with Crippen molar-refractivity contribution in [3.8, 4) is 0 Å². The summed E-state index contributed by atoms with van der Waals surface area (Å²) >= 11 is 0. The second-order valence-electron chi connectivity index (χ2n) is 4.61. The minimum Gasteiger partial charge on any atom is -0.552 e. The molecule has 0 N–H and O–H groups in total. The molecule has 0 fully saturated rings. The molecule has 0 aliphatic carbocycles. The fourth-order valence-corrected chi connectivity index (χ4v) is 3.12. The Morgan fingerprint density at radius 2 is 1.94 bits per heavy atom. The minimum atomic E-state index is -0.170. The predicted molar refractivity (Wildman–Crippen MR) is 74.3 cm³/mol. The van der Waals surface area contributed by atoms with Crippen LogP contribution in [-0.2, 0) is 4.43 Å². The zero-order valence-electron chi connectivity index (χ0n) is 10.5. The second kappa shape index (κ2) is 9.70. The van der Waals surface area contributed by atoms with Gasteiger partial charge in [-0.05, 0) is 37.8 Å². The highest BCUT2D eigenvalue weighted by Crippen LogP contribution is 2.17. The first-order chi connectivity index (χ1) is 7.93. The van der Waals surface area contributed by atoms with E-state index in [4.69, 9.17) is 4.43 Å². The first-order valence-corrected chi connectivity index (χ1v) is 8.44. The molecule has 1 heterocycles. The molecule has 92 valence electrons. The average molecular weight is 238 g/mol. The van der Waals surface area contributed by atoms with E-state index in [2.05, 4.69) is 12.7 Å². The molecule has 0 aromatic carbocycles. The lowest BCUT2D eigenvalue weighted by molar-refractivity contribution is 0.404. The summed E-state index contributed by atoms with van der Waals surface area (Å²) in [4.78, 5) is 0. The van der Waals surface area contributed by atoms with Crippen LogP contribution in [-0.4, -0.2) is 9.76 Å². The fourth-order valence-electron chi connectivity index (χ4n) is 2.08. The van der Waals surface area contributed by atoms with Gasteiger partial charge in [0.15, 0.2) is 0 Å². The summed E-state index contributed by atoms with van der Waals surface area (Å²) in [6.07, 6.45) is 16.2. The van der Waals surface area contributed by atoms with Crippen LogP contribution < -0.4 is 0 Å². The first-order valence-electron chi connectivity index (χ1n) is 6.86. The number of hydrogen-bond acceptors (Lipinski definition) is 1. The number of allylic oxidation sites excluding steroid dienone is 3. The lowest BCUT2D eigenvalue weighted by Crippen LogP contribution is -2.03. The molecule has 2 heteroatoms. The maximum Gasteiger partial charge on any atom is 0.219 e. The molecule has 0 saturated heterocycles. The summed E-state index contributed by atoms with van der Waals surface area (Å²) in [6.45, 7) is 3.74. The van der Waals surface area contributed by atoms with Crippen molar-refractivity contribution in [2.24, 2.45) is 0 Å². The average Bonchev–Trinajstić information content (AvgIpc) is 2.34. The monoisotopic (exact) mass is 238 g/mol. The SMILES string of the molecule is C=CCCCCCCCCC1=CCC[SiH2]O1. The number of hydrogen-bond donors (Lipinski definition) is 0. The van der Waals surface area contributed by atoms with Gasteiger partial charge >= 0.3 is 0 Å². The Bertz CT molecular complexity index is 211. The molecule has 1 rings (SSSR count). The van der Waals surface area contributed by atoms with Crippen LogP contribution in [0.5, 0.6) is 0 Å². The highest BCUT2D eigenvalue weighted by molar-refractivity contribution is 6.27. The fraction of sp³-hybridized carbons (Fsp3) is 0.714. The summed E-state index contributed by atoms with van der Waals surface area (Å²) in [5.74, 6) is 1.31. The van der Waals surface area contributed by atoms with Gasteiger partial charge < -0.3 is 4.43 Å². The van der Waals surface area contributed by atoms with Gasteiger partial charge in [0, 0.05) is 6.42 Å². The summed E-state index contributed by atoms with van der Waals surface area (Å²) in [7, 11) is -0.170. The summed E-state index contributed by atoms with van der Waals surface area (Å²) < 4.78 is 5.73. The van der Waals surface area contributed by atoms with Gasteiger partial charge in [-0.2, -0.15) is 0 Å². The van der Waals surface area contributed by atoms with E-state index >= 15 is 0 Å². The van der Waals surface area contributed by atoms with E-state index in [1.807, 2.05) is 6.08 Å². The molecule has 0 aromatic heterocycles. The third kappa shape index (κ3) is 6.89. The van der Waals surface area contributed by atoms with Crippen LogP contribution in [0.2, 0.25) is 6.04 Å². The largest absolute Gasteiger partial charge is 0.552 e. The molecule has 0 saturated carbocycles. The maximum absolute atomic E-state index is 5.73. The molecule has 0 atom stereocenters. The Kier molecular flexibility index (Phi) is 8.22. The third-order valence-electron chi connectivity index (χ3n) is 3.09. The van der Waals surface area contributed by atoms with Crippen molar-refractivity contribution in [1.29, 1.82) is 0 Å². The Morgan fingerprint density at radius 3 is 2.62 bits per heavy atom. The molecule has 0 amide bonds. The summed E-state index contributed by atoms with van der Waals surface area (Å²) in [5.41, 5.74) is 0. The van der Waals surface area contributed by atoms with Gasteiger partial charge in [-0.1, -0.05) is 31.8 Å². The van der Waals surface area contributed by atoms with Crippen LogP contribution in [0.1, 0.15) is 57.8 Å². The highest BCUT2D eigenvalue weighted by atomic mass is 28.2. The minimum absolute atomic E-state index is 0.170. The van der Waals surface area contributed by atoms with Gasteiger partial charge in [0.25, 0.3) is 0 Å². The molecule has 1 aliphatic rings. The molecular weight excluding hydrogens is 212 g/mol. The van der Waals surface area contributed by atoms with Crippen molar-refractivity contribution in [2.75, 3.05) is 0 Å². The lowest BCUT2D eigenvalue weighted by Gasteiger charge is -2.14. The van der Waals surface area contributed by atoms with Gasteiger partial charge in [-0.25, -0.2) is 0 Å². The molecule has 1 aliphatic heterocycles. The van der Waals surface area contributed by atoms with Crippen LogP contribution in [0.25, 0.3) is 0 Å².